The number of rotatable bonds is 8. The van der Waals surface area contributed by atoms with Gasteiger partial charge in [0.1, 0.15) is 5.44 Å². The Balaban J connectivity index is 2.61. The van der Waals surface area contributed by atoms with E-state index in [-0.39, 0.29) is 16.5 Å². The maximum Gasteiger partial charge on any atom is 0.288 e. The molecule has 0 bridgehead atoms. The van der Waals surface area contributed by atoms with Crippen LogP contribution in [-0.2, 0) is 25.5 Å². The number of benzene rings is 2. The zero-order valence-corrected chi connectivity index (χ0v) is 17.1. The van der Waals surface area contributed by atoms with Crippen molar-refractivity contribution in [1.29, 1.82) is 0 Å². The van der Waals surface area contributed by atoms with E-state index in [2.05, 4.69) is 3.77 Å². The first-order chi connectivity index (χ1) is 12.8. The molecular weight excluding hydrogens is 412 g/mol. The normalized spacial score (nSPS) is 14.0. The number of alkyl halides is 1. The first-order valence-electron chi connectivity index (χ1n) is 7.98. The molecule has 2 aromatic carbocycles. The Kier molecular flexibility index (Phi) is 7.49. The summed E-state index contributed by atoms with van der Waals surface area (Å²) in [5, 5.41) is 11.1. The smallest absolute Gasteiger partial charge is 0.288 e. The standard InChI is InChI=1S/C17H19ClN2O5S2/c1-3-25-17(12-18)26(15-6-4-5-14(11-15)20(21)22)19-27(23,24)16-9-7-13(2)8-10-16/h4-11,17H,3,12H2,1-2H3/t17-,26-/m1/s1. The van der Waals surface area contributed by atoms with Crippen molar-refractivity contribution in [3.8, 4) is 0 Å². The van der Waals surface area contributed by atoms with Gasteiger partial charge in [-0.25, -0.2) is 0 Å². The van der Waals surface area contributed by atoms with Crippen LogP contribution in [0.3, 0.4) is 0 Å². The summed E-state index contributed by atoms with van der Waals surface area (Å²) in [5.74, 6) is -0.00738. The summed E-state index contributed by atoms with van der Waals surface area (Å²) < 4.78 is 35.2. The minimum absolute atomic E-state index is 0.00738. The number of nitrogens with zero attached hydrogens (tertiary/aromatic N) is 2. The third-order valence-electron chi connectivity index (χ3n) is 3.49. The molecule has 0 spiro atoms. The van der Waals surface area contributed by atoms with Crippen LogP contribution in [-0.4, -0.2) is 31.3 Å². The molecule has 0 radical (unpaired) electrons. The van der Waals surface area contributed by atoms with E-state index < -0.39 is 31.1 Å². The van der Waals surface area contributed by atoms with Crippen LogP contribution in [0.2, 0.25) is 0 Å². The Morgan fingerprint density at radius 2 is 1.93 bits per heavy atom. The summed E-state index contributed by atoms with van der Waals surface area (Å²) in [6.45, 7) is 3.90. The van der Waals surface area contributed by atoms with Crippen molar-refractivity contribution in [3.05, 3.63) is 64.2 Å². The summed E-state index contributed by atoms with van der Waals surface area (Å²) in [6.07, 6.45) is 0. The molecule has 7 nitrogen and oxygen atoms in total. The lowest BCUT2D eigenvalue weighted by molar-refractivity contribution is -0.385. The Labute approximate surface area is 165 Å². The highest BCUT2D eigenvalue weighted by Crippen LogP contribution is 2.24. The average molecular weight is 431 g/mol. The molecule has 2 rings (SSSR count). The summed E-state index contributed by atoms with van der Waals surface area (Å²) in [7, 11) is -5.35. The van der Waals surface area contributed by atoms with Crippen LogP contribution in [0.5, 0.6) is 0 Å². The van der Waals surface area contributed by atoms with Crippen molar-refractivity contribution in [3.63, 3.8) is 0 Å². The lowest BCUT2D eigenvalue weighted by Crippen LogP contribution is -2.22. The second-order valence-electron chi connectivity index (χ2n) is 5.47. The molecule has 0 amide bonds. The van der Waals surface area contributed by atoms with Gasteiger partial charge in [-0.3, -0.25) is 10.1 Å². The molecule has 0 saturated carbocycles. The van der Waals surface area contributed by atoms with Gasteiger partial charge in [0.25, 0.3) is 15.7 Å². The number of halogens is 1. The molecule has 0 aliphatic rings. The Morgan fingerprint density at radius 1 is 1.26 bits per heavy atom. The molecule has 0 heterocycles. The average Bonchev–Trinajstić information content (AvgIpc) is 2.65. The Morgan fingerprint density at radius 3 is 2.48 bits per heavy atom. The van der Waals surface area contributed by atoms with Crippen molar-refractivity contribution in [2.75, 3.05) is 12.5 Å². The number of hydrogen-bond donors (Lipinski definition) is 0. The number of nitro benzene ring substituents is 1. The number of hydrogen-bond acceptors (Lipinski definition) is 5. The maximum absolute atomic E-state index is 12.8. The largest absolute Gasteiger partial charge is 0.365 e. The third-order valence-corrected chi connectivity index (χ3v) is 7.79. The number of aryl methyl sites for hydroxylation is 1. The number of non-ortho nitro benzene ring substituents is 1. The second kappa shape index (κ2) is 9.41. The van der Waals surface area contributed by atoms with Crippen molar-refractivity contribution < 1.29 is 18.1 Å². The van der Waals surface area contributed by atoms with E-state index in [1.807, 2.05) is 6.92 Å². The SMILES string of the molecule is CCO[C@@H](CCl)[S@](=NS(=O)(=O)c1ccc(C)cc1)c1cccc([N+](=O)[O-])c1. The molecule has 146 valence electrons. The molecule has 27 heavy (non-hydrogen) atoms. The van der Waals surface area contributed by atoms with Gasteiger partial charge in [-0.05, 0) is 42.7 Å². The van der Waals surface area contributed by atoms with E-state index in [1.54, 1.807) is 25.1 Å². The fourth-order valence-corrected chi connectivity index (χ4v) is 6.18. The first kappa shape index (κ1) is 21.5. The highest BCUT2D eigenvalue weighted by atomic mass is 35.5. The predicted octanol–water partition coefficient (Wildman–Crippen LogP) is 4.05. The van der Waals surface area contributed by atoms with Gasteiger partial charge in [0.2, 0.25) is 0 Å². The van der Waals surface area contributed by atoms with Crippen molar-refractivity contribution in [2.45, 2.75) is 29.1 Å². The predicted molar refractivity (Wildman–Crippen MR) is 106 cm³/mol. The molecule has 0 N–H and O–H groups in total. The molecule has 0 aliphatic heterocycles. The highest BCUT2D eigenvalue weighted by molar-refractivity contribution is 8.00. The van der Waals surface area contributed by atoms with Gasteiger partial charge < -0.3 is 4.74 Å². The van der Waals surface area contributed by atoms with Crippen LogP contribution in [0.4, 0.5) is 5.69 Å². The topological polar surface area (TPSA) is 98.9 Å². The highest BCUT2D eigenvalue weighted by Gasteiger charge is 2.23. The number of sulfonamides is 1. The fourth-order valence-electron chi connectivity index (χ4n) is 2.18. The molecule has 0 aliphatic carbocycles. The summed E-state index contributed by atoms with van der Waals surface area (Å²) in [4.78, 5) is 11.0. The molecule has 2 aromatic rings. The van der Waals surface area contributed by atoms with E-state index in [9.17, 15) is 18.5 Å². The Hall–Kier alpha value is -1.81. The van der Waals surface area contributed by atoms with Crippen molar-refractivity contribution in [1.82, 2.24) is 0 Å². The van der Waals surface area contributed by atoms with Crippen LogP contribution in [0, 0.1) is 17.0 Å². The molecule has 0 saturated heterocycles. The third kappa shape index (κ3) is 5.58. The quantitative estimate of drug-likeness (QED) is 0.357. The minimum Gasteiger partial charge on any atom is -0.365 e. The molecular formula is C17H19ClN2O5S2. The van der Waals surface area contributed by atoms with Gasteiger partial charge in [0, 0.05) is 23.6 Å². The van der Waals surface area contributed by atoms with Crippen molar-refractivity contribution in [2.24, 2.45) is 3.77 Å². The number of nitro groups is 1. The van der Waals surface area contributed by atoms with Crippen molar-refractivity contribution >= 4 is 38.0 Å². The van der Waals surface area contributed by atoms with E-state index in [1.165, 1.54) is 30.3 Å². The molecule has 10 heteroatoms. The van der Waals surface area contributed by atoms with Crippen LogP contribution < -0.4 is 0 Å². The van der Waals surface area contributed by atoms with Gasteiger partial charge in [-0.1, -0.05) is 23.8 Å². The molecule has 2 atom stereocenters. The van der Waals surface area contributed by atoms with Gasteiger partial charge in [0.05, 0.1) is 15.7 Å². The van der Waals surface area contributed by atoms with E-state index >= 15 is 0 Å². The lowest BCUT2D eigenvalue weighted by atomic mass is 10.2. The molecule has 0 fully saturated rings. The molecule has 0 unspecified atom stereocenters. The zero-order chi connectivity index (χ0) is 20.0. The maximum atomic E-state index is 12.8. The summed E-state index contributed by atoms with van der Waals surface area (Å²) in [6, 6.07) is 12.0. The van der Waals surface area contributed by atoms with Crippen LogP contribution in [0.25, 0.3) is 0 Å². The second-order valence-corrected chi connectivity index (χ2v) is 9.42. The van der Waals surface area contributed by atoms with Gasteiger partial charge in [-0.15, -0.1) is 15.4 Å². The lowest BCUT2D eigenvalue weighted by Gasteiger charge is -2.18. The van der Waals surface area contributed by atoms with E-state index in [0.29, 0.717) is 11.5 Å². The van der Waals surface area contributed by atoms with Crippen LogP contribution in [0.1, 0.15) is 12.5 Å². The van der Waals surface area contributed by atoms with E-state index in [0.717, 1.165) is 5.56 Å². The summed E-state index contributed by atoms with van der Waals surface area (Å²) >= 11 is 5.98. The molecule has 0 aromatic heterocycles. The zero-order valence-electron chi connectivity index (χ0n) is 14.7. The minimum atomic E-state index is -4.00. The Bertz CT molecular complexity index is 946. The fraction of sp³-hybridized carbons (Fsp3) is 0.294. The monoisotopic (exact) mass is 430 g/mol. The first-order valence-corrected chi connectivity index (χ1v) is 11.2. The van der Waals surface area contributed by atoms with Gasteiger partial charge in [-0.2, -0.15) is 8.42 Å². The van der Waals surface area contributed by atoms with Crippen LogP contribution >= 0.6 is 11.6 Å². The van der Waals surface area contributed by atoms with Gasteiger partial charge >= 0.3 is 0 Å². The number of ether oxygens (including phenoxy) is 1. The van der Waals surface area contributed by atoms with Gasteiger partial charge in [0.15, 0.2) is 0 Å². The van der Waals surface area contributed by atoms with E-state index in [4.69, 9.17) is 16.3 Å². The summed E-state index contributed by atoms with van der Waals surface area (Å²) in [5.41, 5.74) is 0.0382. The van der Waals surface area contributed by atoms with Crippen LogP contribution in [0.15, 0.2) is 62.1 Å².